The van der Waals surface area contributed by atoms with Crippen LogP contribution in [0, 0.1) is 11.8 Å². The number of halogens is 1. The van der Waals surface area contributed by atoms with Crippen LogP contribution in [-0.2, 0) is 6.54 Å². The first-order chi connectivity index (χ1) is 9.01. The van der Waals surface area contributed by atoms with Crippen molar-refractivity contribution in [2.45, 2.75) is 26.8 Å². The molecule has 0 radical (unpaired) electrons. The normalized spacial score (nSPS) is 24.4. The van der Waals surface area contributed by atoms with E-state index in [1.54, 1.807) is 13.2 Å². The van der Waals surface area contributed by atoms with E-state index in [2.05, 4.69) is 18.7 Å². The molecule has 4 heteroatoms. The predicted octanol–water partition coefficient (Wildman–Crippen LogP) is 3.53. The Hall–Kier alpha value is -0.930. The molecule has 0 saturated carbocycles. The highest BCUT2D eigenvalue weighted by Gasteiger charge is 2.23. The van der Waals surface area contributed by atoms with Crippen LogP contribution in [0.5, 0.6) is 11.5 Å². The number of hydrogen-bond acceptors (Lipinski definition) is 3. The fourth-order valence-corrected chi connectivity index (χ4v) is 2.87. The quantitative estimate of drug-likeness (QED) is 0.921. The van der Waals surface area contributed by atoms with Crippen molar-refractivity contribution in [1.29, 1.82) is 0 Å². The Balaban J connectivity index is 2.13. The van der Waals surface area contributed by atoms with E-state index in [9.17, 15) is 5.11 Å². The molecule has 19 heavy (non-hydrogen) atoms. The van der Waals surface area contributed by atoms with E-state index in [0.717, 1.165) is 31.1 Å². The molecule has 1 fully saturated rings. The Morgan fingerprint density at radius 2 is 2.11 bits per heavy atom. The highest BCUT2D eigenvalue weighted by Crippen LogP contribution is 2.35. The van der Waals surface area contributed by atoms with Gasteiger partial charge in [-0.2, -0.15) is 0 Å². The van der Waals surface area contributed by atoms with Gasteiger partial charge in [-0.25, -0.2) is 0 Å². The van der Waals surface area contributed by atoms with Crippen molar-refractivity contribution >= 4 is 11.6 Å². The molecule has 1 aliphatic rings. The maximum atomic E-state index is 10.2. The summed E-state index contributed by atoms with van der Waals surface area (Å²) < 4.78 is 5.14. The number of hydrogen-bond donors (Lipinski definition) is 1. The molecule has 2 atom stereocenters. The van der Waals surface area contributed by atoms with Gasteiger partial charge in [0.15, 0.2) is 11.5 Å². The molecule has 1 aliphatic heterocycles. The highest BCUT2D eigenvalue weighted by molar-refractivity contribution is 6.30. The second-order valence-corrected chi connectivity index (χ2v) is 6.03. The Morgan fingerprint density at radius 3 is 2.74 bits per heavy atom. The number of methoxy groups -OCH3 is 1. The number of phenols is 1. The molecule has 1 heterocycles. The number of rotatable bonds is 3. The Kier molecular flexibility index (Phi) is 4.58. The van der Waals surface area contributed by atoms with Crippen molar-refractivity contribution in [2.75, 3.05) is 20.2 Å². The Bertz CT molecular complexity index is 450. The van der Waals surface area contributed by atoms with Gasteiger partial charge in [-0.15, -0.1) is 0 Å². The average Bonchev–Trinajstić information content (AvgIpc) is 2.37. The van der Waals surface area contributed by atoms with Gasteiger partial charge in [-0.05, 0) is 30.9 Å². The van der Waals surface area contributed by atoms with E-state index in [4.69, 9.17) is 16.3 Å². The first-order valence-electron chi connectivity index (χ1n) is 6.79. The standard InChI is InChI=1S/C15H22ClNO2/c1-10-4-5-17(8-11(10)2)9-12-6-13(16)7-14(19-3)15(12)18/h6-7,10-11,18H,4-5,8-9H2,1-3H3. The lowest BCUT2D eigenvalue weighted by Crippen LogP contribution is -2.37. The summed E-state index contributed by atoms with van der Waals surface area (Å²) in [5, 5.41) is 10.8. The highest BCUT2D eigenvalue weighted by atomic mass is 35.5. The molecular weight excluding hydrogens is 262 g/mol. The minimum absolute atomic E-state index is 0.207. The average molecular weight is 284 g/mol. The first-order valence-corrected chi connectivity index (χ1v) is 7.16. The number of piperidine rings is 1. The van der Waals surface area contributed by atoms with E-state index in [0.29, 0.717) is 16.7 Å². The van der Waals surface area contributed by atoms with Crippen LogP contribution in [0.25, 0.3) is 0 Å². The van der Waals surface area contributed by atoms with E-state index >= 15 is 0 Å². The third kappa shape index (κ3) is 3.34. The number of nitrogens with zero attached hydrogens (tertiary/aromatic N) is 1. The molecule has 106 valence electrons. The minimum Gasteiger partial charge on any atom is -0.504 e. The van der Waals surface area contributed by atoms with Crippen LogP contribution in [0.1, 0.15) is 25.8 Å². The van der Waals surface area contributed by atoms with Gasteiger partial charge in [0.25, 0.3) is 0 Å². The summed E-state index contributed by atoms with van der Waals surface area (Å²) in [5.41, 5.74) is 0.839. The minimum atomic E-state index is 0.207. The van der Waals surface area contributed by atoms with Crippen LogP contribution in [0.15, 0.2) is 12.1 Å². The molecule has 0 spiro atoms. The molecule has 2 rings (SSSR count). The van der Waals surface area contributed by atoms with Gasteiger partial charge in [0.2, 0.25) is 0 Å². The first kappa shape index (κ1) is 14.5. The summed E-state index contributed by atoms with van der Waals surface area (Å²) in [5.74, 6) is 2.12. The summed E-state index contributed by atoms with van der Waals surface area (Å²) in [6.45, 7) is 7.45. The number of likely N-dealkylation sites (tertiary alicyclic amines) is 1. The van der Waals surface area contributed by atoms with Crippen LogP contribution >= 0.6 is 11.6 Å². The van der Waals surface area contributed by atoms with Gasteiger partial charge in [0.1, 0.15) is 0 Å². The van der Waals surface area contributed by atoms with Crippen molar-refractivity contribution in [3.8, 4) is 11.5 Å². The van der Waals surface area contributed by atoms with Crippen LogP contribution in [0.3, 0.4) is 0 Å². The van der Waals surface area contributed by atoms with Crippen LogP contribution in [0.2, 0.25) is 5.02 Å². The lowest BCUT2D eigenvalue weighted by atomic mass is 9.88. The van der Waals surface area contributed by atoms with Crippen LogP contribution < -0.4 is 4.74 Å². The summed E-state index contributed by atoms with van der Waals surface area (Å²) in [6, 6.07) is 3.46. The third-order valence-electron chi connectivity index (χ3n) is 4.15. The fourth-order valence-electron chi connectivity index (χ4n) is 2.64. The van der Waals surface area contributed by atoms with Gasteiger partial charge in [0, 0.05) is 29.7 Å². The summed E-state index contributed by atoms with van der Waals surface area (Å²) in [6.07, 6.45) is 1.21. The van der Waals surface area contributed by atoms with Gasteiger partial charge in [0.05, 0.1) is 7.11 Å². The molecule has 1 saturated heterocycles. The number of ether oxygens (including phenoxy) is 1. The van der Waals surface area contributed by atoms with Crippen molar-refractivity contribution < 1.29 is 9.84 Å². The monoisotopic (exact) mass is 283 g/mol. The zero-order chi connectivity index (χ0) is 14.0. The van der Waals surface area contributed by atoms with Gasteiger partial charge in [-0.3, -0.25) is 4.90 Å². The molecule has 0 aliphatic carbocycles. The summed E-state index contributed by atoms with van der Waals surface area (Å²) >= 11 is 6.06. The second-order valence-electron chi connectivity index (χ2n) is 5.59. The maximum absolute atomic E-state index is 10.2. The zero-order valence-electron chi connectivity index (χ0n) is 11.8. The van der Waals surface area contributed by atoms with Gasteiger partial charge >= 0.3 is 0 Å². The van der Waals surface area contributed by atoms with E-state index < -0.39 is 0 Å². The molecule has 2 unspecified atom stereocenters. The SMILES string of the molecule is COc1cc(Cl)cc(CN2CCC(C)C(C)C2)c1O. The zero-order valence-corrected chi connectivity index (χ0v) is 12.6. The third-order valence-corrected chi connectivity index (χ3v) is 4.37. The molecule has 1 aromatic carbocycles. The lowest BCUT2D eigenvalue weighted by Gasteiger charge is -2.35. The smallest absolute Gasteiger partial charge is 0.162 e. The summed E-state index contributed by atoms with van der Waals surface area (Å²) in [4.78, 5) is 2.37. The number of aromatic hydroxyl groups is 1. The van der Waals surface area contributed by atoms with Crippen molar-refractivity contribution in [3.05, 3.63) is 22.7 Å². The van der Waals surface area contributed by atoms with Crippen molar-refractivity contribution in [1.82, 2.24) is 4.90 Å². The van der Waals surface area contributed by atoms with Gasteiger partial charge in [-0.1, -0.05) is 25.4 Å². The van der Waals surface area contributed by atoms with Crippen molar-refractivity contribution in [2.24, 2.45) is 11.8 Å². The van der Waals surface area contributed by atoms with Crippen LogP contribution in [0.4, 0.5) is 0 Å². The molecule has 1 aromatic rings. The topological polar surface area (TPSA) is 32.7 Å². The predicted molar refractivity (Wildman–Crippen MR) is 77.9 cm³/mol. The largest absolute Gasteiger partial charge is 0.504 e. The number of phenolic OH excluding ortho intramolecular Hbond substituents is 1. The van der Waals surface area contributed by atoms with Gasteiger partial charge < -0.3 is 9.84 Å². The second kappa shape index (κ2) is 6.02. The van der Waals surface area contributed by atoms with E-state index in [1.807, 2.05) is 6.07 Å². The molecule has 1 N–H and O–H groups in total. The number of benzene rings is 1. The van der Waals surface area contributed by atoms with Crippen molar-refractivity contribution in [3.63, 3.8) is 0 Å². The molecule has 0 aromatic heterocycles. The molecular formula is C15H22ClNO2. The van der Waals surface area contributed by atoms with Crippen LogP contribution in [-0.4, -0.2) is 30.2 Å². The Morgan fingerprint density at radius 1 is 1.37 bits per heavy atom. The molecule has 3 nitrogen and oxygen atoms in total. The lowest BCUT2D eigenvalue weighted by molar-refractivity contribution is 0.131. The van der Waals surface area contributed by atoms with E-state index in [1.165, 1.54) is 6.42 Å². The Labute approximate surface area is 120 Å². The molecule has 0 bridgehead atoms. The molecule has 0 amide bonds. The summed E-state index contributed by atoms with van der Waals surface area (Å²) in [7, 11) is 1.54. The fraction of sp³-hybridized carbons (Fsp3) is 0.600. The maximum Gasteiger partial charge on any atom is 0.162 e. The van der Waals surface area contributed by atoms with E-state index in [-0.39, 0.29) is 5.75 Å².